The summed E-state index contributed by atoms with van der Waals surface area (Å²) in [6.45, 7) is 2.88. The first-order valence-electron chi connectivity index (χ1n) is 7.27. The summed E-state index contributed by atoms with van der Waals surface area (Å²) in [4.78, 5) is 13.9. The number of nitrogens with one attached hydrogen (secondary N) is 1. The number of carbonyl (C=O) groups excluding carboxylic acids is 1. The first kappa shape index (κ1) is 15.3. The third-order valence-electron chi connectivity index (χ3n) is 3.36. The van der Waals surface area contributed by atoms with Gasteiger partial charge in [-0.05, 0) is 55.0 Å². The number of rotatable bonds is 5. The number of ether oxygens (including phenoxy) is 1. The van der Waals surface area contributed by atoms with Gasteiger partial charge in [0.2, 0.25) is 0 Å². The molecule has 0 atom stereocenters. The first-order chi connectivity index (χ1) is 11.2. The zero-order chi connectivity index (χ0) is 16.2. The average molecular weight is 328 g/mol. The number of amides is 1. The lowest BCUT2D eigenvalue weighted by Gasteiger charge is -2.11. The lowest BCUT2D eigenvalue weighted by Crippen LogP contribution is -2.29. The molecule has 0 radical (unpaired) electrons. The van der Waals surface area contributed by atoms with Gasteiger partial charge in [-0.25, -0.2) is 0 Å². The van der Waals surface area contributed by atoms with Gasteiger partial charge in [0, 0.05) is 0 Å². The normalized spacial score (nSPS) is 16.0. The van der Waals surface area contributed by atoms with Gasteiger partial charge in [0.25, 0.3) is 5.91 Å². The Morgan fingerprint density at radius 2 is 2.09 bits per heavy atom. The number of hydrogen-bond donors (Lipinski definition) is 1. The molecule has 0 saturated carbocycles. The predicted molar refractivity (Wildman–Crippen MR) is 90.6 cm³/mol. The quantitative estimate of drug-likeness (QED) is 0.675. The predicted octanol–water partition coefficient (Wildman–Crippen LogP) is 2.94. The Balaban J connectivity index is 1.75. The summed E-state index contributed by atoms with van der Waals surface area (Å²) in [5, 5.41) is 3.33. The zero-order valence-corrected chi connectivity index (χ0v) is 13.4. The maximum Gasteiger partial charge on any atom is 0.276 e. The Labute approximate surface area is 139 Å². The molecule has 6 heteroatoms. The Morgan fingerprint density at radius 1 is 1.30 bits per heavy atom. The summed E-state index contributed by atoms with van der Waals surface area (Å²) < 4.78 is 10.7. The van der Waals surface area contributed by atoms with Crippen molar-refractivity contribution in [2.75, 3.05) is 6.61 Å². The van der Waals surface area contributed by atoms with Gasteiger partial charge in [-0.3, -0.25) is 9.69 Å². The summed E-state index contributed by atoms with van der Waals surface area (Å²) in [5.74, 6) is 1.32. The average Bonchev–Trinajstić information content (AvgIpc) is 3.14. The molecule has 0 unspecified atom stereocenters. The molecule has 0 spiro atoms. The van der Waals surface area contributed by atoms with E-state index in [9.17, 15) is 4.79 Å². The second-order valence-electron chi connectivity index (χ2n) is 4.96. The van der Waals surface area contributed by atoms with Crippen LogP contribution in [0.25, 0.3) is 6.08 Å². The molecule has 1 amide bonds. The SMILES string of the molecule is CCOc1ccc(/C=C2/NC(=S)N(Cc3ccco3)C2=O)cc1. The maximum atomic E-state index is 12.5. The van der Waals surface area contributed by atoms with Gasteiger partial charge in [-0.15, -0.1) is 0 Å². The molecule has 1 N–H and O–H groups in total. The van der Waals surface area contributed by atoms with Crippen molar-refractivity contribution in [1.82, 2.24) is 10.2 Å². The van der Waals surface area contributed by atoms with Crippen molar-refractivity contribution in [3.63, 3.8) is 0 Å². The Morgan fingerprint density at radius 3 is 2.74 bits per heavy atom. The highest BCUT2D eigenvalue weighted by atomic mass is 32.1. The third-order valence-corrected chi connectivity index (χ3v) is 3.68. The van der Waals surface area contributed by atoms with Crippen LogP contribution in [0.1, 0.15) is 18.2 Å². The molecule has 0 bridgehead atoms. The molecule has 1 aliphatic rings. The van der Waals surface area contributed by atoms with E-state index in [-0.39, 0.29) is 5.91 Å². The van der Waals surface area contributed by atoms with Crippen LogP contribution in [0.3, 0.4) is 0 Å². The molecule has 2 heterocycles. The minimum Gasteiger partial charge on any atom is -0.494 e. The van der Waals surface area contributed by atoms with Crippen LogP contribution in [0.5, 0.6) is 5.75 Å². The molecule has 1 fully saturated rings. The van der Waals surface area contributed by atoms with E-state index >= 15 is 0 Å². The Hall–Kier alpha value is -2.60. The minimum atomic E-state index is -0.166. The van der Waals surface area contributed by atoms with Crippen LogP contribution in [-0.4, -0.2) is 22.5 Å². The third kappa shape index (κ3) is 3.43. The van der Waals surface area contributed by atoms with E-state index in [2.05, 4.69) is 5.32 Å². The molecule has 0 aliphatic carbocycles. The van der Waals surface area contributed by atoms with Crippen molar-refractivity contribution in [1.29, 1.82) is 0 Å². The second-order valence-corrected chi connectivity index (χ2v) is 5.35. The minimum absolute atomic E-state index is 0.166. The second kappa shape index (κ2) is 6.66. The van der Waals surface area contributed by atoms with E-state index < -0.39 is 0 Å². The van der Waals surface area contributed by atoms with Crippen molar-refractivity contribution in [3.8, 4) is 5.75 Å². The van der Waals surface area contributed by atoms with Gasteiger partial charge < -0.3 is 14.5 Å². The number of nitrogens with zero attached hydrogens (tertiary/aromatic N) is 1. The topological polar surface area (TPSA) is 54.7 Å². The molecule has 5 nitrogen and oxygen atoms in total. The molecule has 1 aromatic carbocycles. The molecular formula is C17H16N2O3S. The van der Waals surface area contributed by atoms with Crippen molar-refractivity contribution < 1.29 is 13.9 Å². The number of hydrogen-bond acceptors (Lipinski definition) is 4. The van der Waals surface area contributed by atoms with Crippen LogP contribution in [-0.2, 0) is 11.3 Å². The molecule has 1 aliphatic heterocycles. The molecule has 2 aromatic rings. The fourth-order valence-electron chi connectivity index (χ4n) is 2.27. The Kier molecular flexibility index (Phi) is 4.43. The van der Waals surface area contributed by atoms with E-state index in [1.807, 2.05) is 37.3 Å². The summed E-state index contributed by atoms with van der Waals surface area (Å²) in [7, 11) is 0. The summed E-state index contributed by atoms with van der Waals surface area (Å²) >= 11 is 5.23. The molecular weight excluding hydrogens is 312 g/mol. The highest BCUT2D eigenvalue weighted by Gasteiger charge is 2.31. The van der Waals surface area contributed by atoms with Gasteiger partial charge in [-0.1, -0.05) is 12.1 Å². The highest BCUT2D eigenvalue weighted by Crippen LogP contribution is 2.19. The Bertz CT molecular complexity index is 736. The van der Waals surface area contributed by atoms with Crippen molar-refractivity contribution in [2.24, 2.45) is 0 Å². The smallest absolute Gasteiger partial charge is 0.276 e. The van der Waals surface area contributed by atoms with E-state index in [1.165, 1.54) is 4.90 Å². The van der Waals surface area contributed by atoms with Crippen molar-refractivity contribution in [2.45, 2.75) is 13.5 Å². The molecule has 1 aromatic heterocycles. The highest BCUT2D eigenvalue weighted by molar-refractivity contribution is 7.80. The largest absolute Gasteiger partial charge is 0.494 e. The lowest BCUT2D eigenvalue weighted by molar-refractivity contribution is -0.122. The first-order valence-corrected chi connectivity index (χ1v) is 7.68. The van der Waals surface area contributed by atoms with Gasteiger partial charge in [0.05, 0.1) is 19.4 Å². The van der Waals surface area contributed by atoms with E-state index in [4.69, 9.17) is 21.4 Å². The lowest BCUT2D eigenvalue weighted by atomic mass is 10.2. The van der Waals surface area contributed by atoms with E-state index in [0.717, 1.165) is 11.3 Å². The maximum absolute atomic E-state index is 12.5. The van der Waals surface area contributed by atoms with Crippen LogP contribution in [0.2, 0.25) is 0 Å². The van der Waals surface area contributed by atoms with Crippen molar-refractivity contribution in [3.05, 3.63) is 59.7 Å². The number of furan rings is 1. The van der Waals surface area contributed by atoms with Crippen LogP contribution in [0.4, 0.5) is 0 Å². The zero-order valence-electron chi connectivity index (χ0n) is 12.6. The fourth-order valence-corrected chi connectivity index (χ4v) is 2.52. The summed E-state index contributed by atoms with van der Waals surface area (Å²) in [5.41, 5.74) is 1.35. The van der Waals surface area contributed by atoms with Gasteiger partial charge >= 0.3 is 0 Å². The van der Waals surface area contributed by atoms with Crippen molar-refractivity contribution >= 4 is 29.3 Å². The van der Waals surface area contributed by atoms with Crippen LogP contribution < -0.4 is 10.1 Å². The molecule has 23 heavy (non-hydrogen) atoms. The van der Waals surface area contributed by atoms with E-state index in [1.54, 1.807) is 18.4 Å². The number of benzene rings is 1. The van der Waals surface area contributed by atoms with Gasteiger partial charge in [-0.2, -0.15) is 0 Å². The number of carbonyl (C=O) groups is 1. The molecule has 3 rings (SSSR count). The van der Waals surface area contributed by atoms with Crippen LogP contribution >= 0.6 is 12.2 Å². The monoisotopic (exact) mass is 328 g/mol. The molecule has 1 saturated heterocycles. The number of thiocarbonyl (C=S) groups is 1. The summed E-state index contributed by atoms with van der Waals surface area (Å²) in [6.07, 6.45) is 3.34. The summed E-state index contributed by atoms with van der Waals surface area (Å²) in [6, 6.07) is 11.1. The van der Waals surface area contributed by atoms with Gasteiger partial charge in [0.15, 0.2) is 5.11 Å². The van der Waals surface area contributed by atoms with Gasteiger partial charge in [0.1, 0.15) is 17.2 Å². The fraction of sp³-hybridized carbons (Fsp3) is 0.176. The van der Waals surface area contributed by atoms with E-state index in [0.29, 0.717) is 29.7 Å². The standard InChI is InChI=1S/C17H16N2O3S/c1-2-21-13-7-5-12(6-8-13)10-15-16(20)19(17(23)18-15)11-14-4-3-9-22-14/h3-10H,2,11H2,1H3,(H,18,23)/b15-10+. The molecule has 118 valence electrons. The van der Waals surface area contributed by atoms with Crippen LogP contribution in [0.15, 0.2) is 52.8 Å². The van der Waals surface area contributed by atoms with Crippen LogP contribution in [0, 0.1) is 0 Å².